The monoisotopic (exact) mass is 443 g/mol. The highest BCUT2D eigenvalue weighted by molar-refractivity contribution is 7.99. The lowest BCUT2D eigenvalue weighted by Crippen LogP contribution is -2.24. The number of carbonyl (C=O) groups excluding carboxylic acids is 1. The van der Waals surface area contributed by atoms with Crippen LogP contribution in [0.3, 0.4) is 0 Å². The van der Waals surface area contributed by atoms with E-state index in [1.54, 1.807) is 6.20 Å². The average molecular weight is 444 g/mol. The number of benzene rings is 1. The van der Waals surface area contributed by atoms with E-state index in [1.807, 2.05) is 29.6 Å². The molecule has 0 atom stereocenters. The molecule has 8 heteroatoms. The third kappa shape index (κ3) is 5.64. The summed E-state index contributed by atoms with van der Waals surface area (Å²) in [5, 5.41) is 4.77. The van der Waals surface area contributed by atoms with Gasteiger partial charge in [0.05, 0.1) is 17.6 Å². The van der Waals surface area contributed by atoms with E-state index >= 15 is 0 Å². The quantitative estimate of drug-likeness (QED) is 0.569. The Labute approximate surface area is 183 Å². The van der Waals surface area contributed by atoms with Gasteiger partial charge in [-0.05, 0) is 43.4 Å². The maximum absolute atomic E-state index is 12.1. The van der Waals surface area contributed by atoms with Gasteiger partial charge in [-0.2, -0.15) is 0 Å². The number of rotatable bonds is 8. The average Bonchev–Trinajstić information content (AvgIpc) is 3.23. The summed E-state index contributed by atoms with van der Waals surface area (Å²) < 4.78 is 7.57. The second-order valence-corrected chi connectivity index (χ2v) is 9.29. The smallest absolute Gasteiger partial charge is 0.258 e. The molecular weight excluding hydrogens is 418 g/mol. The van der Waals surface area contributed by atoms with Crippen molar-refractivity contribution < 1.29 is 9.53 Å². The van der Waals surface area contributed by atoms with Crippen molar-refractivity contribution in [2.24, 2.45) is 0 Å². The second-order valence-electron chi connectivity index (χ2n) is 7.43. The maximum atomic E-state index is 12.1. The van der Waals surface area contributed by atoms with Crippen LogP contribution in [0.1, 0.15) is 43.4 Å². The van der Waals surface area contributed by atoms with Gasteiger partial charge in [-0.15, -0.1) is 23.1 Å². The number of aromatic nitrogens is 2. The zero-order valence-electron chi connectivity index (χ0n) is 16.7. The lowest BCUT2D eigenvalue weighted by Gasteiger charge is -2.23. The highest BCUT2D eigenvalue weighted by Gasteiger charge is 2.14. The number of ether oxygens (including phenoxy) is 1. The summed E-state index contributed by atoms with van der Waals surface area (Å²) in [6.07, 6.45) is 8.16. The van der Waals surface area contributed by atoms with Crippen LogP contribution in [0, 0.1) is 0 Å². The number of fused-ring (bicyclic) bond motifs is 1. The molecule has 1 amide bonds. The highest BCUT2D eigenvalue weighted by atomic mass is 32.2. The van der Waals surface area contributed by atoms with Crippen LogP contribution in [0.5, 0.6) is 5.75 Å². The summed E-state index contributed by atoms with van der Waals surface area (Å²) in [6, 6.07) is 9.49. The van der Waals surface area contributed by atoms with Gasteiger partial charge in [0.2, 0.25) is 5.91 Å². The molecule has 0 radical (unpaired) electrons. The van der Waals surface area contributed by atoms with Crippen LogP contribution >= 0.6 is 23.1 Å². The van der Waals surface area contributed by atoms with Gasteiger partial charge >= 0.3 is 0 Å². The summed E-state index contributed by atoms with van der Waals surface area (Å²) in [4.78, 5) is 29.3. The van der Waals surface area contributed by atoms with E-state index in [1.165, 1.54) is 52.8 Å². The zero-order valence-corrected chi connectivity index (χ0v) is 18.3. The molecule has 0 unspecified atom stereocenters. The molecule has 1 N–H and O–H groups in total. The predicted molar refractivity (Wildman–Crippen MR) is 121 cm³/mol. The van der Waals surface area contributed by atoms with Crippen LogP contribution < -0.4 is 15.6 Å². The van der Waals surface area contributed by atoms with E-state index in [9.17, 15) is 9.59 Å². The van der Waals surface area contributed by atoms with Crippen LogP contribution in [-0.2, 0) is 17.1 Å². The van der Waals surface area contributed by atoms with Crippen molar-refractivity contribution in [2.75, 3.05) is 5.75 Å². The standard InChI is InChI=1S/C22H25N3O3S2/c26-20(15-29-14-17-12-21(27)25-10-11-30-22(25)24-17)23-13-16-6-8-19(9-7-16)28-18-4-2-1-3-5-18/h6-12,18H,1-5,13-15H2,(H,23,26). The van der Waals surface area contributed by atoms with Crippen LogP contribution in [0.25, 0.3) is 4.96 Å². The minimum Gasteiger partial charge on any atom is -0.490 e. The van der Waals surface area contributed by atoms with Crippen molar-refractivity contribution >= 4 is 34.0 Å². The van der Waals surface area contributed by atoms with E-state index in [0.29, 0.717) is 34.8 Å². The fraction of sp³-hybridized carbons (Fsp3) is 0.409. The molecule has 1 saturated carbocycles. The molecule has 0 aliphatic heterocycles. The summed E-state index contributed by atoms with van der Waals surface area (Å²) in [6.45, 7) is 0.490. The number of thiazole rings is 1. The minimum atomic E-state index is -0.0859. The highest BCUT2D eigenvalue weighted by Crippen LogP contribution is 2.23. The first-order chi connectivity index (χ1) is 14.7. The van der Waals surface area contributed by atoms with Crippen LogP contribution in [0.4, 0.5) is 0 Å². The number of nitrogens with zero attached hydrogens (tertiary/aromatic N) is 2. The van der Waals surface area contributed by atoms with E-state index in [0.717, 1.165) is 24.2 Å². The summed E-state index contributed by atoms with van der Waals surface area (Å²) >= 11 is 2.88. The van der Waals surface area contributed by atoms with Crippen molar-refractivity contribution in [3.63, 3.8) is 0 Å². The summed E-state index contributed by atoms with van der Waals surface area (Å²) in [5.74, 6) is 1.73. The molecule has 6 nitrogen and oxygen atoms in total. The number of carbonyl (C=O) groups is 1. The second kappa shape index (κ2) is 10.1. The fourth-order valence-electron chi connectivity index (χ4n) is 3.52. The first-order valence-electron chi connectivity index (χ1n) is 10.2. The van der Waals surface area contributed by atoms with Crippen molar-refractivity contribution in [2.45, 2.75) is 50.5 Å². The van der Waals surface area contributed by atoms with Gasteiger partial charge in [-0.3, -0.25) is 14.0 Å². The Hall–Kier alpha value is -2.32. The number of hydrogen-bond acceptors (Lipinski definition) is 6. The molecular formula is C22H25N3O3S2. The summed E-state index contributed by atoms with van der Waals surface area (Å²) in [7, 11) is 0. The number of thioether (sulfide) groups is 1. The molecule has 0 bridgehead atoms. The molecule has 0 saturated heterocycles. The minimum absolute atomic E-state index is 0.0311. The van der Waals surface area contributed by atoms with Gasteiger partial charge in [-0.1, -0.05) is 18.6 Å². The number of amides is 1. The fourth-order valence-corrected chi connectivity index (χ4v) is 5.01. The Morgan fingerprint density at radius 3 is 2.83 bits per heavy atom. The van der Waals surface area contributed by atoms with Crippen molar-refractivity contribution in [3.05, 3.63) is 63.5 Å². The van der Waals surface area contributed by atoms with Crippen molar-refractivity contribution in [1.29, 1.82) is 0 Å². The van der Waals surface area contributed by atoms with E-state index in [4.69, 9.17) is 4.74 Å². The van der Waals surface area contributed by atoms with E-state index < -0.39 is 0 Å². The third-order valence-corrected chi connectivity index (χ3v) is 6.83. The predicted octanol–water partition coefficient (Wildman–Crippen LogP) is 4.02. The van der Waals surface area contributed by atoms with E-state index in [-0.39, 0.29) is 11.5 Å². The Bertz CT molecular complexity index is 1040. The molecule has 1 aromatic carbocycles. The topological polar surface area (TPSA) is 72.7 Å². The van der Waals surface area contributed by atoms with Crippen LogP contribution in [0.2, 0.25) is 0 Å². The van der Waals surface area contributed by atoms with Gasteiger partial charge < -0.3 is 10.1 Å². The van der Waals surface area contributed by atoms with Crippen molar-refractivity contribution in [3.8, 4) is 5.75 Å². The van der Waals surface area contributed by atoms with Gasteiger partial charge in [0.15, 0.2) is 4.96 Å². The zero-order chi connectivity index (χ0) is 20.8. The lowest BCUT2D eigenvalue weighted by molar-refractivity contribution is -0.118. The van der Waals surface area contributed by atoms with Crippen LogP contribution in [-0.4, -0.2) is 27.1 Å². The molecule has 0 spiro atoms. The SMILES string of the molecule is O=C(CSCc1cc(=O)n2ccsc2n1)NCc1ccc(OC2CCCCC2)cc1. The van der Waals surface area contributed by atoms with Gasteiger partial charge in [-0.25, -0.2) is 4.98 Å². The Morgan fingerprint density at radius 1 is 1.23 bits per heavy atom. The van der Waals surface area contributed by atoms with Gasteiger partial charge in [0, 0.05) is 29.9 Å². The first-order valence-corrected chi connectivity index (χ1v) is 12.3. The molecule has 1 fully saturated rings. The molecule has 2 aromatic heterocycles. The third-order valence-electron chi connectivity index (χ3n) is 5.11. The Kier molecular flexibility index (Phi) is 7.07. The van der Waals surface area contributed by atoms with Crippen molar-refractivity contribution in [1.82, 2.24) is 14.7 Å². The molecule has 158 valence electrons. The number of hydrogen-bond donors (Lipinski definition) is 1. The lowest BCUT2D eigenvalue weighted by atomic mass is 9.98. The molecule has 3 aromatic rings. The maximum Gasteiger partial charge on any atom is 0.258 e. The normalized spacial score (nSPS) is 14.7. The van der Waals surface area contributed by atoms with Gasteiger partial charge in [0.25, 0.3) is 5.56 Å². The summed E-state index contributed by atoms with van der Waals surface area (Å²) in [5.41, 5.74) is 1.66. The van der Waals surface area contributed by atoms with Crippen LogP contribution in [0.15, 0.2) is 46.7 Å². The molecule has 1 aliphatic rings. The van der Waals surface area contributed by atoms with E-state index in [2.05, 4.69) is 10.3 Å². The Morgan fingerprint density at radius 2 is 2.03 bits per heavy atom. The molecule has 4 rings (SSSR count). The number of nitrogens with one attached hydrogen (secondary N) is 1. The largest absolute Gasteiger partial charge is 0.490 e. The Balaban J connectivity index is 1.19. The molecule has 30 heavy (non-hydrogen) atoms. The molecule has 1 aliphatic carbocycles. The first kappa shape index (κ1) is 20.9. The van der Waals surface area contributed by atoms with Gasteiger partial charge in [0.1, 0.15) is 5.75 Å². The molecule has 2 heterocycles.